The Morgan fingerprint density at radius 3 is 3.00 bits per heavy atom. The Labute approximate surface area is 131 Å². The van der Waals surface area contributed by atoms with Crippen molar-refractivity contribution in [2.24, 2.45) is 0 Å². The second-order valence-electron chi connectivity index (χ2n) is 6.56. The van der Waals surface area contributed by atoms with Crippen LogP contribution in [0.1, 0.15) is 41.8 Å². The molecule has 0 radical (unpaired) electrons. The molecule has 1 aromatic rings. The molecule has 4 heteroatoms. The molecule has 0 atom stereocenters. The molecule has 2 aliphatic rings. The topological polar surface area (TPSA) is 32.3 Å². The van der Waals surface area contributed by atoms with Crippen LogP contribution in [-0.2, 0) is 13.0 Å². The highest BCUT2D eigenvalue weighted by atomic mass is 32.2. The zero-order valence-corrected chi connectivity index (χ0v) is 13.8. The highest BCUT2D eigenvalue weighted by Gasteiger charge is 2.26. The molecule has 1 saturated heterocycles. The van der Waals surface area contributed by atoms with Gasteiger partial charge in [-0.05, 0) is 42.6 Å². The summed E-state index contributed by atoms with van der Waals surface area (Å²) in [5.41, 5.74) is 3.52. The maximum atomic E-state index is 12.7. The highest BCUT2D eigenvalue weighted by Crippen LogP contribution is 2.31. The summed E-state index contributed by atoms with van der Waals surface area (Å²) in [6.07, 6.45) is 2.13. The SMILES string of the molecule is CC1(C)CCN(C(=O)c2ccc3c(c2)CNCC3)CCS1. The summed E-state index contributed by atoms with van der Waals surface area (Å²) in [7, 11) is 0. The van der Waals surface area contributed by atoms with Crippen LogP contribution >= 0.6 is 11.8 Å². The van der Waals surface area contributed by atoms with Crippen molar-refractivity contribution in [2.45, 2.75) is 38.0 Å². The average molecular weight is 304 g/mol. The number of fused-ring (bicyclic) bond motifs is 1. The quantitative estimate of drug-likeness (QED) is 0.866. The minimum atomic E-state index is 0.196. The Hall–Kier alpha value is -1.00. The molecule has 1 amide bonds. The predicted octanol–water partition coefficient (Wildman–Crippen LogP) is 2.69. The Bertz CT molecular complexity index is 542. The van der Waals surface area contributed by atoms with Gasteiger partial charge in [0.15, 0.2) is 0 Å². The van der Waals surface area contributed by atoms with Crippen LogP contribution in [0.15, 0.2) is 18.2 Å². The molecule has 0 bridgehead atoms. The molecule has 0 spiro atoms. The van der Waals surface area contributed by atoms with Gasteiger partial charge in [-0.25, -0.2) is 0 Å². The number of amides is 1. The monoisotopic (exact) mass is 304 g/mol. The van der Waals surface area contributed by atoms with E-state index in [1.807, 2.05) is 22.7 Å². The highest BCUT2D eigenvalue weighted by molar-refractivity contribution is 8.00. The Morgan fingerprint density at radius 1 is 1.29 bits per heavy atom. The average Bonchev–Trinajstić information content (AvgIpc) is 2.67. The van der Waals surface area contributed by atoms with E-state index in [2.05, 4.69) is 31.3 Å². The summed E-state index contributed by atoms with van der Waals surface area (Å²) in [5.74, 6) is 1.23. The van der Waals surface area contributed by atoms with E-state index in [4.69, 9.17) is 0 Å². The maximum Gasteiger partial charge on any atom is 0.253 e. The van der Waals surface area contributed by atoms with Gasteiger partial charge in [0.05, 0.1) is 0 Å². The van der Waals surface area contributed by atoms with Crippen molar-refractivity contribution < 1.29 is 4.79 Å². The molecule has 21 heavy (non-hydrogen) atoms. The molecule has 0 saturated carbocycles. The van der Waals surface area contributed by atoms with Crippen molar-refractivity contribution >= 4 is 17.7 Å². The molecular formula is C17H24N2OS. The molecule has 0 aliphatic carbocycles. The van der Waals surface area contributed by atoms with Crippen molar-refractivity contribution in [1.82, 2.24) is 10.2 Å². The normalized spacial score (nSPS) is 21.5. The van der Waals surface area contributed by atoms with E-state index in [1.165, 1.54) is 11.1 Å². The van der Waals surface area contributed by atoms with E-state index in [0.717, 1.165) is 50.3 Å². The smallest absolute Gasteiger partial charge is 0.253 e. The summed E-state index contributed by atoms with van der Waals surface area (Å²) in [4.78, 5) is 14.8. The summed E-state index contributed by atoms with van der Waals surface area (Å²) >= 11 is 1.98. The van der Waals surface area contributed by atoms with Gasteiger partial charge in [-0.15, -0.1) is 0 Å². The van der Waals surface area contributed by atoms with Crippen LogP contribution in [0.25, 0.3) is 0 Å². The first-order valence-electron chi connectivity index (χ1n) is 7.81. The van der Waals surface area contributed by atoms with Gasteiger partial charge < -0.3 is 10.2 Å². The van der Waals surface area contributed by atoms with Gasteiger partial charge in [0, 0.05) is 35.7 Å². The first kappa shape index (κ1) is 14.9. The Balaban J connectivity index is 1.75. The van der Waals surface area contributed by atoms with E-state index in [1.54, 1.807) is 0 Å². The zero-order valence-electron chi connectivity index (χ0n) is 12.9. The maximum absolute atomic E-state index is 12.7. The second-order valence-corrected chi connectivity index (χ2v) is 8.36. The number of hydrogen-bond donors (Lipinski definition) is 1. The van der Waals surface area contributed by atoms with Crippen molar-refractivity contribution in [3.63, 3.8) is 0 Å². The van der Waals surface area contributed by atoms with E-state index in [0.29, 0.717) is 0 Å². The molecule has 1 N–H and O–H groups in total. The number of thioether (sulfide) groups is 1. The van der Waals surface area contributed by atoms with Crippen LogP contribution in [0.3, 0.4) is 0 Å². The second kappa shape index (κ2) is 6.01. The van der Waals surface area contributed by atoms with Gasteiger partial charge in [0.25, 0.3) is 5.91 Å². The third-order valence-corrected chi connectivity index (χ3v) is 5.84. The van der Waals surface area contributed by atoms with Crippen molar-refractivity contribution in [3.05, 3.63) is 34.9 Å². The molecule has 1 fully saturated rings. The molecular weight excluding hydrogens is 280 g/mol. The number of nitrogens with zero attached hydrogens (tertiary/aromatic N) is 1. The van der Waals surface area contributed by atoms with Gasteiger partial charge in [0.2, 0.25) is 0 Å². The van der Waals surface area contributed by atoms with Gasteiger partial charge in [-0.3, -0.25) is 4.79 Å². The number of carbonyl (C=O) groups excluding carboxylic acids is 1. The van der Waals surface area contributed by atoms with Gasteiger partial charge in [0.1, 0.15) is 0 Å². The summed E-state index contributed by atoms with van der Waals surface area (Å²) in [6.45, 7) is 8.21. The lowest BCUT2D eigenvalue weighted by Gasteiger charge is -2.24. The standard InChI is InChI=1S/C17H24N2OS/c1-17(2)6-8-19(9-10-21-17)16(20)14-4-3-13-5-7-18-12-15(13)11-14/h3-4,11,18H,5-10,12H2,1-2H3. The lowest BCUT2D eigenvalue weighted by atomic mass is 9.98. The lowest BCUT2D eigenvalue weighted by Crippen LogP contribution is -2.34. The number of hydrogen-bond acceptors (Lipinski definition) is 3. The number of carbonyl (C=O) groups is 1. The Kier molecular flexibility index (Phi) is 4.27. The fourth-order valence-electron chi connectivity index (χ4n) is 3.02. The molecule has 1 aromatic carbocycles. The van der Waals surface area contributed by atoms with Crippen LogP contribution in [0.4, 0.5) is 0 Å². The van der Waals surface area contributed by atoms with Gasteiger partial charge in [-0.1, -0.05) is 19.9 Å². The Morgan fingerprint density at radius 2 is 2.14 bits per heavy atom. The molecule has 0 unspecified atom stereocenters. The number of benzene rings is 1. The predicted molar refractivity (Wildman–Crippen MR) is 88.9 cm³/mol. The van der Waals surface area contributed by atoms with Crippen LogP contribution in [0.5, 0.6) is 0 Å². The first-order chi connectivity index (χ1) is 10.1. The molecule has 2 heterocycles. The summed E-state index contributed by atoms with van der Waals surface area (Å²) in [5, 5.41) is 3.38. The third kappa shape index (κ3) is 3.43. The molecule has 3 nitrogen and oxygen atoms in total. The zero-order chi connectivity index (χ0) is 14.9. The molecule has 2 aliphatic heterocycles. The van der Waals surface area contributed by atoms with Crippen molar-refractivity contribution in [3.8, 4) is 0 Å². The minimum absolute atomic E-state index is 0.196. The minimum Gasteiger partial charge on any atom is -0.338 e. The van der Waals surface area contributed by atoms with E-state index < -0.39 is 0 Å². The van der Waals surface area contributed by atoms with Crippen LogP contribution in [0.2, 0.25) is 0 Å². The van der Waals surface area contributed by atoms with Crippen LogP contribution in [-0.4, -0.2) is 40.9 Å². The first-order valence-corrected chi connectivity index (χ1v) is 8.79. The van der Waals surface area contributed by atoms with Gasteiger partial charge >= 0.3 is 0 Å². The lowest BCUT2D eigenvalue weighted by molar-refractivity contribution is 0.0764. The summed E-state index contributed by atoms with van der Waals surface area (Å²) < 4.78 is 0.287. The van der Waals surface area contributed by atoms with E-state index >= 15 is 0 Å². The molecule has 0 aromatic heterocycles. The van der Waals surface area contributed by atoms with Crippen LogP contribution < -0.4 is 5.32 Å². The van der Waals surface area contributed by atoms with Crippen molar-refractivity contribution in [2.75, 3.05) is 25.4 Å². The van der Waals surface area contributed by atoms with E-state index in [9.17, 15) is 4.79 Å². The fourth-order valence-corrected chi connectivity index (χ4v) is 4.12. The number of rotatable bonds is 1. The third-order valence-electron chi connectivity index (χ3n) is 4.46. The molecule has 114 valence electrons. The van der Waals surface area contributed by atoms with Crippen LogP contribution in [0, 0.1) is 0 Å². The van der Waals surface area contributed by atoms with Gasteiger partial charge in [-0.2, -0.15) is 11.8 Å². The summed E-state index contributed by atoms with van der Waals surface area (Å²) in [6, 6.07) is 6.24. The van der Waals surface area contributed by atoms with Crippen molar-refractivity contribution in [1.29, 1.82) is 0 Å². The fraction of sp³-hybridized carbons (Fsp3) is 0.588. The molecule has 3 rings (SSSR count). The number of nitrogens with one attached hydrogen (secondary N) is 1. The largest absolute Gasteiger partial charge is 0.338 e. The van der Waals surface area contributed by atoms with E-state index in [-0.39, 0.29) is 10.7 Å².